The van der Waals surface area contributed by atoms with Gasteiger partial charge in [0.05, 0.1) is 5.02 Å². The normalized spacial score (nSPS) is 19.1. The number of hydrogen-bond acceptors (Lipinski definition) is 12. The zero-order valence-corrected chi connectivity index (χ0v) is 21.7. The first-order valence-corrected chi connectivity index (χ1v) is 13.0. The third-order valence-electron chi connectivity index (χ3n) is 5.27. The van der Waals surface area contributed by atoms with E-state index in [2.05, 4.69) is 26.0 Å². The van der Waals surface area contributed by atoms with Crippen LogP contribution in [0.4, 0.5) is 0 Å². The van der Waals surface area contributed by atoms with Crippen LogP contribution in [-0.4, -0.2) is 99.4 Å². The lowest BCUT2D eigenvalue weighted by atomic mass is 10.0. The number of carbonyl (C=O) groups is 4. The van der Waals surface area contributed by atoms with Gasteiger partial charge in [-0.25, -0.2) is 14.3 Å². The van der Waals surface area contributed by atoms with E-state index in [0.29, 0.717) is 10.7 Å². The van der Waals surface area contributed by atoms with E-state index in [4.69, 9.17) is 21.5 Å². The van der Waals surface area contributed by atoms with Crippen molar-refractivity contribution < 1.29 is 39.3 Å². The van der Waals surface area contributed by atoms with Crippen molar-refractivity contribution in [2.45, 2.75) is 16.6 Å². The molecule has 0 saturated carbocycles. The van der Waals surface area contributed by atoms with Crippen molar-refractivity contribution in [2.75, 3.05) is 18.1 Å². The van der Waals surface area contributed by atoms with E-state index >= 15 is 0 Å². The average Bonchev–Trinajstić information content (AvgIpc) is 3.29. The molecule has 18 heteroatoms. The van der Waals surface area contributed by atoms with E-state index in [0.717, 1.165) is 4.90 Å². The number of phenols is 1. The zero-order chi connectivity index (χ0) is 27.6. The van der Waals surface area contributed by atoms with E-state index in [1.165, 1.54) is 46.4 Å². The van der Waals surface area contributed by atoms with Crippen LogP contribution >= 0.6 is 35.1 Å². The fraction of sp³-hybridized carbons (Fsp3) is 0.300. The van der Waals surface area contributed by atoms with Gasteiger partial charge < -0.3 is 25.5 Å². The van der Waals surface area contributed by atoms with Crippen molar-refractivity contribution in [1.82, 2.24) is 30.4 Å². The number of rotatable bonds is 10. The van der Waals surface area contributed by atoms with Crippen molar-refractivity contribution in [3.8, 4) is 5.75 Å². The number of aromatic hydroxyl groups is 1. The lowest BCUT2D eigenvalue weighted by Crippen LogP contribution is -2.71. The molecule has 2 aliphatic rings. The van der Waals surface area contributed by atoms with Crippen LogP contribution in [-0.2, 0) is 31.1 Å². The summed E-state index contributed by atoms with van der Waals surface area (Å²) >= 11 is 8.41. The quantitative estimate of drug-likeness (QED) is 0.125. The number of carbonyl (C=O) groups excluding carboxylic acids is 2. The molecule has 1 aromatic carbocycles. The molecule has 0 radical (unpaired) electrons. The van der Waals surface area contributed by atoms with Crippen molar-refractivity contribution in [1.29, 1.82) is 0 Å². The number of nitrogens with one attached hydrogen (secondary N) is 1. The fourth-order valence-electron chi connectivity index (χ4n) is 3.53. The Morgan fingerprint density at radius 2 is 2.11 bits per heavy atom. The molecular weight excluding hydrogens is 566 g/mol. The number of phenolic OH excluding ortho intramolecular Hbond substituents is 1. The van der Waals surface area contributed by atoms with E-state index in [1.807, 2.05) is 0 Å². The van der Waals surface area contributed by atoms with Gasteiger partial charge in [-0.05, 0) is 34.2 Å². The molecule has 200 valence electrons. The third-order valence-corrected chi connectivity index (χ3v) is 8.01. The molecule has 1 unspecified atom stereocenters. The molecule has 0 spiro atoms. The Balaban J connectivity index is 1.52. The Morgan fingerprint density at radius 3 is 2.74 bits per heavy atom. The number of oxime groups is 1. The lowest BCUT2D eigenvalue weighted by molar-refractivity contribution is -0.150. The summed E-state index contributed by atoms with van der Waals surface area (Å²) in [5.74, 6) is -3.92. The van der Waals surface area contributed by atoms with Gasteiger partial charge in [0.25, 0.3) is 11.8 Å². The molecule has 0 aliphatic carbocycles. The van der Waals surface area contributed by atoms with E-state index in [-0.39, 0.29) is 33.5 Å². The van der Waals surface area contributed by atoms with Gasteiger partial charge in [-0.1, -0.05) is 28.5 Å². The Labute approximate surface area is 226 Å². The second kappa shape index (κ2) is 11.3. The molecule has 1 saturated heterocycles. The number of hydrogen-bond donors (Lipinski definition) is 4. The second-order valence-corrected chi connectivity index (χ2v) is 10.2. The first-order chi connectivity index (χ1) is 18.1. The predicted octanol–water partition coefficient (Wildman–Crippen LogP) is -0.0947. The highest BCUT2D eigenvalue weighted by atomic mass is 35.5. The van der Waals surface area contributed by atoms with E-state index in [9.17, 15) is 29.4 Å². The predicted molar refractivity (Wildman–Crippen MR) is 132 cm³/mol. The number of β-lactam (4-membered cyclic amide) rings is 1. The number of tetrazole rings is 1. The Bertz CT molecular complexity index is 1380. The highest BCUT2D eigenvalue weighted by molar-refractivity contribution is 8.01. The molecular formula is C20H18ClN7O8S2. The Hall–Kier alpha value is -3.83. The monoisotopic (exact) mass is 583 g/mol. The number of carboxylic acid groups (broad SMARTS) is 2. The number of halogens is 1. The maximum atomic E-state index is 13.1. The molecule has 15 nitrogen and oxygen atoms in total. The topological polar surface area (TPSA) is 209 Å². The molecule has 2 aliphatic heterocycles. The first kappa shape index (κ1) is 27.2. The molecule has 38 heavy (non-hydrogen) atoms. The van der Waals surface area contributed by atoms with Gasteiger partial charge in [0.1, 0.15) is 22.9 Å². The molecule has 0 bridgehead atoms. The molecule has 2 aromatic rings. The van der Waals surface area contributed by atoms with E-state index < -0.39 is 47.5 Å². The van der Waals surface area contributed by atoms with Gasteiger partial charge in [0.2, 0.25) is 11.8 Å². The fourth-order valence-corrected chi connectivity index (χ4v) is 6.05. The third kappa shape index (κ3) is 5.53. The summed E-state index contributed by atoms with van der Waals surface area (Å²) in [6.45, 7) is -0.838. The lowest BCUT2D eigenvalue weighted by Gasteiger charge is -2.49. The van der Waals surface area contributed by atoms with Crippen LogP contribution in [0.15, 0.2) is 39.8 Å². The largest absolute Gasteiger partial charge is 0.506 e. The summed E-state index contributed by atoms with van der Waals surface area (Å²) in [6.07, 6.45) is 0. The number of fused-ring (bicyclic) bond motifs is 1. The molecule has 3 heterocycles. The highest BCUT2D eigenvalue weighted by Gasteiger charge is 2.54. The second-order valence-electron chi connectivity index (χ2n) is 7.77. The number of aromatic nitrogens is 4. The van der Waals surface area contributed by atoms with Gasteiger partial charge in [-0.15, -0.1) is 16.9 Å². The van der Waals surface area contributed by atoms with Gasteiger partial charge in [0, 0.05) is 24.1 Å². The minimum Gasteiger partial charge on any atom is -0.506 e. The van der Waals surface area contributed by atoms with Crippen LogP contribution in [0.2, 0.25) is 5.02 Å². The van der Waals surface area contributed by atoms with Gasteiger partial charge in [-0.2, -0.15) is 0 Å². The number of amides is 2. The number of carboxylic acids is 2. The minimum absolute atomic E-state index is 0.0827. The molecule has 2 atom stereocenters. The standard InChI is InChI=1S/C20H18ClN7O8S2/c1-27-20(23-25-26-27)38-7-9-6-37-18-14(17(33)28(18)15(9)19(34)35)22-16(32)13(24-36-5-12(30)31)8-2-3-11(29)10(21)4-8/h2-4,14,18,29H,5-7H2,1H3,(H,22,32)(H,30,31)(H,34,35)/t14?,18-/m1/s1. The van der Waals surface area contributed by atoms with Crippen LogP contribution < -0.4 is 5.32 Å². The van der Waals surface area contributed by atoms with Gasteiger partial charge in [0.15, 0.2) is 5.71 Å². The van der Waals surface area contributed by atoms with Crippen LogP contribution in [0, 0.1) is 0 Å². The summed E-state index contributed by atoms with van der Waals surface area (Å²) in [5.41, 5.74) is 0.00621. The van der Waals surface area contributed by atoms with Crippen LogP contribution in [0.5, 0.6) is 5.75 Å². The number of aryl methyl sites for hydroxylation is 1. The smallest absolute Gasteiger partial charge is 0.352 e. The minimum atomic E-state index is -1.34. The van der Waals surface area contributed by atoms with Crippen molar-refractivity contribution in [3.63, 3.8) is 0 Å². The molecule has 1 fully saturated rings. The summed E-state index contributed by atoms with van der Waals surface area (Å²) in [5, 5.41) is 45.2. The van der Waals surface area contributed by atoms with Crippen LogP contribution in [0.1, 0.15) is 5.56 Å². The van der Waals surface area contributed by atoms with Crippen molar-refractivity contribution in [2.24, 2.45) is 12.2 Å². The number of aliphatic carboxylic acids is 2. The molecule has 4 N–H and O–H groups in total. The SMILES string of the molecule is Cn1nnnc1SCC1=C(C(=O)O)N2C(=O)C(NC(=O)C(=NOCC(=O)O)c3ccc(O)c(Cl)c3)[C@H]2SC1. The summed E-state index contributed by atoms with van der Waals surface area (Å²) < 4.78 is 1.44. The first-order valence-electron chi connectivity index (χ1n) is 10.5. The average molecular weight is 584 g/mol. The summed E-state index contributed by atoms with van der Waals surface area (Å²) in [7, 11) is 1.64. The number of nitrogens with zero attached hydrogens (tertiary/aromatic N) is 6. The zero-order valence-electron chi connectivity index (χ0n) is 19.3. The summed E-state index contributed by atoms with van der Waals surface area (Å²) in [6, 6.07) is 2.63. The maximum absolute atomic E-state index is 13.1. The van der Waals surface area contributed by atoms with Crippen LogP contribution in [0.25, 0.3) is 0 Å². The molecule has 1 aromatic heterocycles. The van der Waals surface area contributed by atoms with Gasteiger partial charge >= 0.3 is 11.9 Å². The summed E-state index contributed by atoms with van der Waals surface area (Å²) in [4.78, 5) is 54.8. The Kier molecular flexibility index (Phi) is 8.08. The Morgan fingerprint density at radius 1 is 1.34 bits per heavy atom. The van der Waals surface area contributed by atoms with Crippen molar-refractivity contribution >= 4 is 64.6 Å². The molecule has 2 amide bonds. The van der Waals surface area contributed by atoms with Crippen molar-refractivity contribution in [3.05, 3.63) is 40.1 Å². The van der Waals surface area contributed by atoms with E-state index in [1.54, 1.807) is 7.05 Å². The number of benzene rings is 1. The van der Waals surface area contributed by atoms with Crippen LogP contribution in [0.3, 0.4) is 0 Å². The van der Waals surface area contributed by atoms with Gasteiger partial charge in [-0.3, -0.25) is 14.5 Å². The highest BCUT2D eigenvalue weighted by Crippen LogP contribution is 2.41. The maximum Gasteiger partial charge on any atom is 0.352 e. The number of thioether (sulfide) groups is 2. The molecule has 4 rings (SSSR count).